The topological polar surface area (TPSA) is 53.4 Å². The highest BCUT2D eigenvalue weighted by atomic mass is 19.4. The highest BCUT2D eigenvalue weighted by Crippen LogP contribution is 2.59. The molecule has 0 radical (unpaired) electrons. The minimum Gasteiger partial charge on any atom is -0.477 e. The lowest BCUT2D eigenvalue weighted by molar-refractivity contribution is -0.190. The van der Waals surface area contributed by atoms with E-state index in [1.807, 2.05) is 0 Å². The lowest BCUT2D eigenvalue weighted by Gasteiger charge is -2.19. The molecule has 8 heteroatoms. The molecule has 0 aliphatic heterocycles. The SMILES string of the molecule is CC(C)(C)OC(=O)n1ccc(OCCC2(C(F)(F)F)CC2)n1. The number of hydrogen-bond donors (Lipinski definition) is 0. The van der Waals surface area contributed by atoms with E-state index in [-0.39, 0.29) is 31.7 Å². The van der Waals surface area contributed by atoms with Crippen LogP contribution in [0.3, 0.4) is 0 Å². The molecule has 1 aliphatic carbocycles. The molecule has 22 heavy (non-hydrogen) atoms. The Labute approximate surface area is 126 Å². The van der Waals surface area contributed by atoms with Crippen LogP contribution in [0.5, 0.6) is 5.88 Å². The number of hydrogen-bond acceptors (Lipinski definition) is 4. The standard InChI is InChI=1S/C14H19F3N2O3/c1-12(2,3)22-11(20)19-8-4-10(18-19)21-9-7-13(5-6-13)14(15,16)17/h4,8H,5-7,9H2,1-3H3. The van der Waals surface area contributed by atoms with E-state index >= 15 is 0 Å². The maximum atomic E-state index is 12.8. The molecule has 0 atom stereocenters. The summed E-state index contributed by atoms with van der Waals surface area (Å²) < 4.78 is 49.5. The Balaban J connectivity index is 1.84. The minimum absolute atomic E-state index is 0.0924. The van der Waals surface area contributed by atoms with E-state index in [0.29, 0.717) is 0 Å². The molecule has 1 aliphatic rings. The summed E-state index contributed by atoms with van der Waals surface area (Å²) in [6.45, 7) is 5.07. The highest BCUT2D eigenvalue weighted by molar-refractivity contribution is 5.69. The van der Waals surface area contributed by atoms with Gasteiger partial charge in [0.2, 0.25) is 5.88 Å². The lowest BCUT2D eigenvalue weighted by Crippen LogP contribution is -2.27. The summed E-state index contributed by atoms with van der Waals surface area (Å²) in [4.78, 5) is 11.7. The molecule has 124 valence electrons. The Kier molecular flexibility index (Phi) is 4.14. The summed E-state index contributed by atoms with van der Waals surface area (Å²) >= 11 is 0. The number of carbonyl (C=O) groups excluding carboxylic acids is 1. The second kappa shape index (κ2) is 5.48. The fraction of sp³-hybridized carbons (Fsp3) is 0.714. The predicted octanol–water partition coefficient (Wildman–Crippen LogP) is 3.78. The summed E-state index contributed by atoms with van der Waals surface area (Å²) in [7, 11) is 0. The largest absolute Gasteiger partial charge is 0.477 e. The normalized spacial score (nSPS) is 17.2. The van der Waals surface area contributed by atoms with E-state index in [4.69, 9.17) is 9.47 Å². The van der Waals surface area contributed by atoms with Gasteiger partial charge in [-0.1, -0.05) is 0 Å². The van der Waals surface area contributed by atoms with Crippen molar-refractivity contribution < 1.29 is 27.4 Å². The average Bonchev–Trinajstić information content (AvgIpc) is 2.98. The van der Waals surface area contributed by atoms with E-state index in [1.165, 1.54) is 12.3 Å². The quantitative estimate of drug-likeness (QED) is 0.847. The first-order valence-corrected chi connectivity index (χ1v) is 7.01. The first-order valence-electron chi connectivity index (χ1n) is 7.01. The maximum absolute atomic E-state index is 12.8. The fourth-order valence-corrected chi connectivity index (χ4v) is 1.97. The van der Waals surface area contributed by atoms with Crippen molar-refractivity contribution in [1.82, 2.24) is 9.78 Å². The van der Waals surface area contributed by atoms with Crippen LogP contribution < -0.4 is 4.74 Å². The molecule has 1 aromatic heterocycles. The fourth-order valence-electron chi connectivity index (χ4n) is 1.97. The first-order chi connectivity index (χ1) is 10.0. The molecule has 0 amide bonds. The molecule has 5 nitrogen and oxygen atoms in total. The lowest BCUT2D eigenvalue weighted by atomic mass is 10.0. The Hall–Kier alpha value is -1.73. The number of aromatic nitrogens is 2. The monoisotopic (exact) mass is 320 g/mol. The smallest absolute Gasteiger partial charge is 0.435 e. The van der Waals surface area contributed by atoms with Crippen molar-refractivity contribution in [3.63, 3.8) is 0 Å². The third-order valence-electron chi connectivity index (χ3n) is 3.43. The van der Waals surface area contributed by atoms with Gasteiger partial charge in [-0.15, -0.1) is 5.10 Å². The number of carbonyl (C=O) groups is 1. The van der Waals surface area contributed by atoms with Crippen molar-refractivity contribution in [2.24, 2.45) is 5.41 Å². The predicted molar refractivity (Wildman–Crippen MR) is 71.7 cm³/mol. The molecule has 1 heterocycles. The zero-order chi connectivity index (χ0) is 16.6. The average molecular weight is 320 g/mol. The second-order valence-electron chi connectivity index (χ2n) is 6.46. The van der Waals surface area contributed by atoms with Gasteiger partial charge in [-0.2, -0.15) is 17.9 Å². The van der Waals surface area contributed by atoms with Gasteiger partial charge in [0, 0.05) is 12.3 Å². The Bertz CT molecular complexity index is 542. The molecule has 1 saturated carbocycles. The van der Waals surface area contributed by atoms with Crippen LogP contribution in [0.1, 0.15) is 40.0 Å². The summed E-state index contributed by atoms with van der Waals surface area (Å²) in [5.41, 5.74) is -2.25. The van der Waals surface area contributed by atoms with Crippen LogP contribution in [0.15, 0.2) is 12.3 Å². The third-order valence-corrected chi connectivity index (χ3v) is 3.43. The number of alkyl halides is 3. The summed E-state index contributed by atoms with van der Waals surface area (Å²) in [6, 6.07) is 1.41. The molecule has 1 fully saturated rings. The van der Waals surface area contributed by atoms with E-state index < -0.39 is 23.3 Å². The van der Waals surface area contributed by atoms with Crippen molar-refractivity contribution in [2.75, 3.05) is 6.61 Å². The van der Waals surface area contributed by atoms with E-state index in [1.54, 1.807) is 20.8 Å². The van der Waals surface area contributed by atoms with Gasteiger partial charge in [-0.25, -0.2) is 4.79 Å². The number of ether oxygens (including phenoxy) is 2. The maximum Gasteiger partial charge on any atom is 0.435 e. The first kappa shape index (κ1) is 16.6. The van der Waals surface area contributed by atoms with Crippen LogP contribution in [-0.2, 0) is 4.74 Å². The van der Waals surface area contributed by atoms with Crippen LogP contribution in [-0.4, -0.2) is 34.3 Å². The summed E-state index contributed by atoms with van der Waals surface area (Å²) in [5, 5.41) is 3.84. The molecule has 2 rings (SSSR count). The van der Waals surface area contributed by atoms with Gasteiger partial charge in [0.05, 0.1) is 12.0 Å². The van der Waals surface area contributed by atoms with Crippen molar-refractivity contribution in [1.29, 1.82) is 0 Å². The number of rotatable bonds is 4. The molecule has 1 aromatic rings. The van der Waals surface area contributed by atoms with Gasteiger partial charge in [0.1, 0.15) is 5.60 Å². The Morgan fingerprint density at radius 3 is 2.50 bits per heavy atom. The van der Waals surface area contributed by atoms with Crippen molar-refractivity contribution >= 4 is 6.09 Å². The summed E-state index contributed by atoms with van der Waals surface area (Å²) in [5.74, 6) is 0.101. The Morgan fingerprint density at radius 2 is 2.00 bits per heavy atom. The molecule has 0 spiro atoms. The van der Waals surface area contributed by atoms with E-state index in [9.17, 15) is 18.0 Å². The second-order valence-corrected chi connectivity index (χ2v) is 6.46. The van der Waals surface area contributed by atoms with Gasteiger partial charge in [0.15, 0.2) is 0 Å². The van der Waals surface area contributed by atoms with Crippen LogP contribution >= 0.6 is 0 Å². The van der Waals surface area contributed by atoms with E-state index in [2.05, 4.69) is 5.10 Å². The van der Waals surface area contributed by atoms with Crippen LogP contribution in [0, 0.1) is 5.41 Å². The molecule has 0 N–H and O–H groups in total. The van der Waals surface area contributed by atoms with Crippen LogP contribution in [0.25, 0.3) is 0 Å². The van der Waals surface area contributed by atoms with Gasteiger partial charge >= 0.3 is 12.3 Å². The Morgan fingerprint density at radius 1 is 1.36 bits per heavy atom. The zero-order valence-electron chi connectivity index (χ0n) is 12.7. The number of halogens is 3. The minimum atomic E-state index is -4.19. The third kappa shape index (κ3) is 3.92. The van der Waals surface area contributed by atoms with Gasteiger partial charge in [-0.05, 0) is 40.0 Å². The summed E-state index contributed by atoms with van der Waals surface area (Å²) in [6.07, 6.45) is -3.32. The van der Waals surface area contributed by atoms with Gasteiger partial charge < -0.3 is 9.47 Å². The molecular weight excluding hydrogens is 301 g/mol. The van der Waals surface area contributed by atoms with E-state index in [0.717, 1.165) is 4.68 Å². The van der Waals surface area contributed by atoms with Gasteiger partial charge in [0.25, 0.3) is 0 Å². The van der Waals surface area contributed by atoms with Crippen LogP contribution in [0.2, 0.25) is 0 Å². The van der Waals surface area contributed by atoms with Crippen molar-refractivity contribution in [3.05, 3.63) is 12.3 Å². The zero-order valence-corrected chi connectivity index (χ0v) is 12.7. The molecule has 0 bridgehead atoms. The molecular formula is C14H19F3N2O3. The highest BCUT2D eigenvalue weighted by Gasteiger charge is 2.62. The molecule has 0 saturated heterocycles. The van der Waals surface area contributed by atoms with Crippen molar-refractivity contribution in [2.45, 2.75) is 51.8 Å². The van der Waals surface area contributed by atoms with Crippen molar-refractivity contribution in [3.8, 4) is 5.88 Å². The van der Waals surface area contributed by atoms with Crippen LogP contribution in [0.4, 0.5) is 18.0 Å². The molecule has 0 aromatic carbocycles. The van der Waals surface area contributed by atoms with Gasteiger partial charge in [-0.3, -0.25) is 0 Å². The number of nitrogens with zero attached hydrogens (tertiary/aromatic N) is 2. The molecule has 0 unspecified atom stereocenters.